The maximum atomic E-state index is 10.9. The second-order valence-corrected chi connectivity index (χ2v) is 2.56. The van der Waals surface area contributed by atoms with Gasteiger partial charge in [0.1, 0.15) is 0 Å². The van der Waals surface area contributed by atoms with Crippen LogP contribution in [0.25, 0.3) is 0 Å². The van der Waals surface area contributed by atoms with Crippen LogP contribution in [0.3, 0.4) is 0 Å². The number of methoxy groups -OCH3 is 1. The van der Waals surface area contributed by atoms with Gasteiger partial charge in [0.25, 0.3) is 0 Å². The van der Waals surface area contributed by atoms with Gasteiger partial charge in [0, 0.05) is 13.0 Å². The molecular weight excluding hydrogens is 172 g/mol. The largest absolute Gasteiger partial charge is 0.469 e. The summed E-state index contributed by atoms with van der Waals surface area (Å²) >= 11 is 0. The molecule has 13 heavy (non-hydrogen) atoms. The van der Waals surface area contributed by atoms with Crippen LogP contribution in [-0.4, -0.2) is 39.1 Å². The number of nitrogens with one attached hydrogen (secondary N) is 2. The summed E-state index contributed by atoms with van der Waals surface area (Å²) in [7, 11) is 3.05. The Morgan fingerprint density at radius 3 is 2.62 bits per heavy atom. The Morgan fingerprint density at radius 1 is 1.38 bits per heavy atom. The van der Waals surface area contributed by atoms with Crippen LogP contribution in [0.2, 0.25) is 0 Å². The van der Waals surface area contributed by atoms with Gasteiger partial charge in [0.15, 0.2) is 0 Å². The van der Waals surface area contributed by atoms with Gasteiger partial charge in [-0.05, 0) is 13.5 Å². The van der Waals surface area contributed by atoms with Crippen molar-refractivity contribution in [1.29, 1.82) is 0 Å². The number of hydrogen-bond donors (Lipinski definition) is 2. The third-order valence-corrected chi connectivity index (χ3v) is 1.44. The molecule has 0 saturated carbocycles. The number of likely N-dealkylation sites (N-methyl/N-ethyl adjacent to an activating group) is 1. The van der Waals surface area contributed by atoms with Gasteiger partial charge in [-0.1, -0.05) is 0 Å². The Labute approximate surface area is 77.8 Å². The Balaban J connectivity index is 3.25. The molecule has 1 amide bonds. The van der Waals surface area contributed by atoms with Gasteiger partial charge in [-0.25, -0.2) is 0 Å². The summed E-state index contributed by atoms with van der Waals surface area (Å²) in [4.78, 5) is 21.5. The molecule has 0 radical (unpaired) electrons. The Hall–Kier alpha value is -1.10. The molecule has 0 fully saturated rings. The SMILES string of the molecule is CNCC(=O)NCCCC(=O)OC. The molecule has 5 nitrogen and oxygen atoms in total. The van der Waals surface area contributed by atoms with Crippen molar-refractivity contribution in [2.75, 3.05) is 27.2 Å². The Kier molecular flexibility index (Phi) is 6.91. The maximum Gasteiger partial charge on any atom is 0.305 e. The second kappa shape index (κ2) is 7.54. The number of amides is 1. The van der Waals surface area contributed by atoms with E-state index in [4.69, 9.17) is 0 Å². The van der Waals surface area contributed by atoms with Gasteiger partial charge in [0.2, 0.25) is 5.91 Å². The van der Waals surface area contributed by atoms with E-state index in [-0.39, 0.29) is 11.9 Å². The van der Waals surface area contributed by atoms with Crippen LogP contribution in [0.1, 0.15) is 12.8 Å². The van der Waals surface area contributed by atoms with E-state index in [9.17, 15) is 9.59 Å². The van der Waals surface area contributed by atoms with Crippen molar-refractivity contribution in [3.63, 3.8) is 0 Å². The summed E-state index contributed by atoms with van der Waals surface area (Å²) in [5, 5.41) is 5.38. The molecule has 0 spiro atoms. The minimum atomic E-state index is -0.247. The summed E-state index contributed by atoms with van der Waals surface area (Å²) < 4.78 is 4.44. The number of hydrogen-bond acceptors (Lipinski definition) is 4. The van der Waals surface area contributed by atoms with Gasteiger partial charge >= 0.3 is 5.97 Å². The first-order chi connectivity index (χ1) is 6.20. The van der Waals surface area contributed by atoms with E-state index in [1.54, 1.807) is 7.05 Å². The molecular formula is C8H16N2O3. The molecule has 0 bridgehead atoms. The highest BCUT2D eigenvalue weighted by atomic mass is 16.5. The third kappa shape index (κ3) is 7.27. The van der Waals surface area contributed by atoms with Crippen molar-refractivity contribution < 1.29 is 14.3 Å². The molecule has 0 aromatic carbocycles. The maximum absolute atomic E-state index is 10.9. The van der Waals surface area contributed by atoms with Crippen molar-refractivity contribution in [2.45, 2.75) is 12.8 Å². The molecule has 0 heterocycles. The van der Waals surface area contributed by atoms with Crippen molar-refractivity contribution in [1.82, 2.24) is 10.6 Å². The first-order valence-corrected chi connectivity index (χ1v) is 4.18. The number of esters is 1. The molecule has 0 aliphatic heterocycles. The van der Waals surface area contributed by atoms with E-state index in [2.05, 4.69) is 15.4 Å². The van der Waals surface area contributed by atoms with Crippen LogP contribution >= 0.6 is 0 Å². The van der Waals surface area contributed by atoms with E-state index < -0.39 is 0 Å². The molecule has 0 atom stereocenters. The van der Waals surface area contributed by atoms with Crippen molar-refractivity contribution >= 4 is 11.9 Å². The summed E-state index contributed by atoms with van der Waals surface area (Å²) in [5.41, 5.74) is 0. The molecule has 0 aromatic heterocycles. The van der Waals surface area contributed by atoms with Gasteiger partial charge in [0.05, 0.1) is 13.7 Å². The summed E-state index contributed by atoms with van der Waals surface area (Å²) in [6.45, 7) is 0.813. The number of carbonyl (C=O) groups excluding carboxylic acids is 2. The lowest BCUT2D eigenvalue weighted by Crippen LogP contribution is -2.32. The lowest BCUT2D eigenvalue weighted by Gasteiger charge is -2.03. The molecule has 5 heteroatoms. The van der Waals surface area contributed by atoms with E-state index in [0.717, 1.165) is 0 Å². The smallest absolute Gasteiger partial charge is 0.305 e. The normalized spacial score (nSPS) is 9.38. The molecule has 0 aliphatic rings. The zero-order valence-corrected chi connectivity index (χ0v) is 8.05. The lowest BCUT2D eigenvalue weighted by atomic mass is 10.3. The summed E-state index contributed by atoms with van der Waals surface area (Å²) in [5.74, 6) is -0.310. The van der Waals surface area contributed by atoms with Gasteiger partial charge in [-0.15, -0.1) is 0 Å². The first-order valence-electron chi connectivity index (χ1n) is 4.18. The van der Waals surface area contributed by atoms with Crippen LogP contribution in [0.15, 0.2) is 0 Å². The predicted molar refractivity (Wildman–Crippen MR) is 48.2 cm³/mol. The van der Waals surface area contributed by atoms with E-state index in [1.807, 2.05) is 0 Å². The van der Waals surface area contributed by atoms with E-state index in [1.165, 1.54) is 7.11 Å². The number of carbonyl (C=O) groups is 2. The van der Waals surface area contributed by atoms with Crippen LogP contribution in [0, 0.1) is 0 Å². The van der Waals surface area contributed by atoms with Gasteiger partial charge in [-0.2, -0.15) is 0 Å². The van der Waals surface area contributed by atoms with Gasteiger partial charge < -0.3 is 15.4 Å². The summed E-state index contributed by atoms with van der Waals surface area (Å²) in [6.07, 6.45) is 0.957. The molecule has 76 valence electrons. The minimum absolute atomic E-state index is 0.0626. The van der Waals surface area contributed by atoms with Crippen LogP contribution in [-0.2, 0) is 14.3 Å². The zero-order chi connectivity index (χ0) is 10.1. The van der Waals surface area contributed by atoms with Crippen molar-refractivity contribution in [3.8, 4) is 0 Å². The fourth-order valence-electron chi connectivity index (χ4n) is 0.786. The standard InChI is InChI=1S/C8H16N2O3/c1-9-6-7(11)10-5-3-4-8(12)13-2/h9H,3-6H2,1-2H3,(H,10,11). The average molecular weight is 188 g/mol. The zero-order valence-electron chi connectivity index (χ0n) is 8.05. The Bertz CT molecular complexity index is 171. The van der Waals surface area contributed by atoms with Crippen LogP contribution in [0.4, 0.5) is 0 Å². The predicted octanol–water partition coefficient (Wildman–Crippen LogP) is -0.725. The second-order valence-electron chi connectivity index (χ2n) is 2.56. The summed E-state index contributed by atoms with van der Waals surface area (Å²) in [6, 6.07) is 0. The highest BCUT2D eigenvalue weighted by Gasteiger charge is 2.01. The topological polar surface area (TPSA) is 67.4 Å². The highest BCUT2D eigenvalue weighted by Crippen LogP contribution is 1.89. The minimum Gasteiger partial charge on any atom is -0.469 e. The van der Waals surface area contributed by atoms with Gasteiger partial charge in [-0.3, -0.25) is 9.59 Å². The molecule has 0 unspecified atom stereocenters. The van der Waals surface area contributed by atoms with Crippen LogP contribution in [0.5, 0.6) is 0 Å². The van der Waals surface area contributed by atoms with E-state index >= 15 is 0 Å². The van der Waals surface area contributed by atoms with E-state index in [0.29, 0.717) is 25.9 Å². The lowest BCUT2D eigenvalue weighted by molar-refractivity contribution is -0.140. The Morgan fingerprint density at radius 2 is 2.08 bits per heavy atom. The van der Waals surface area contributed by atoms with Crippen molar-refractivity contribution in [2.24, 2.45) is 0 Å². The highest BCUT2D eigenvalue weighted by molar-refractivity contribution is 5.78. The van der Waals surface area contributed by atoms with Crippen LogP contribution < -0.4 is 10.6 Å². The first kappa shape index (κ1) is 11.9. The number of ether oxygens (including phenoxy) is 1. The fourth-order valence-corrected chi connectivity index (χ4v) is 0.786. The third-order valence-electron chi connectivity index (χ3n) is 1.44. The average Bonchev–Trinajstić information content (AvgIpc) is 2.12. The monoisotopic (exact) mass is 188 g/mol. The molecule has 0 saturated heterocycles. The molecule has 0 aromatic rings. The molecule has 2 N–H and O–H groups in total. The fraction of sp³-hybridized carbons (Fsp3) is 0.750. The number of rotatable bonds is 6. The molecule has 0 rings (SSSR count). The molecule has 0 aliphatic carbocycles. The van der Waals surface area contributed by atoms with Crippen molar-refractivity contribution in [3.05, 3.63) is 0 Å². The quantitative estimate of drug-likeness (QED) is 0.426.